The largest absolute Gasteiger partial charge is 0.497 e. The Morgan fingerprint density at radius 2 is 1.04 bits per heavy atom. The van der Waals surface area contributed by atoms with Gasteiger partial charge in [0, 0.05) is 51.0 Å². The Kier molecular flexibility index (Phi) is 13.2. The van der Waals surface area contributed by atoms with Crippen LogP contribution in [0, 0.1) is 0 Å². The van der Waals surface area contributed by atoms with Crippen LogP contribution in [0.4, 0.5) is 0 Å². The molecular formula is C37H38N6O5. The summed E-state index contributed by atoms with van der Waals surface area (Å²) in [4.78, 5) is 30.5. The van der Waals surface area contributed by atoms with Crippen molar-refractivity contribution in [3.8, 4) is 28.7 Å². The third kappa shape index (κ3) is 10.8. The summed E-state index contributed by atoms with van der Waals surface area (Å²) in [5.41, 5.74) is 14.6. The smallest absolute Gasteiger partial charge is 0.254 e. The number of aromatic nitrogens is 2. The van der Waals surface area contributed by atoms with Gasteiger partial charge in [-0.05, 0) is 65.2 Å². The number of nitrogens with one attached hydrogen (secondary N) is 2. The van der Waals surface area contributed by atoms with Gasteiger partial charge in [-0.3, -0.25) is 19.6 Å². The quantitative estimate of drug-likeness (QED) is 0.0847. The fraction of sp³-hybridized carbons (Fsp3) is 0.135. The number of carbonyl (C=O) groups is 2. The minimum atomic E-state index is -0.572. The Hall–Kier alpha value is -6.04. The molecule has 5 rings (SSSR count). The molecule has 0 bridgehead atoms. The monoisotopic (exact) mass is 646 g/mol. The molecular weight excluding hydrogens is 608 g/mol. The minimum absolute atomic E-state index is 0.253. The van der Waals surface area contributed by atoms with Crippen LogP contribution >= 0.6 is 0 Å². The zero-order valence-electron chi connectivity index (χ0n) is 26.6. The van der Waals surface area contributed by atoms with Crippen molar-refractivity contribution in [2.45, 2.75) is 19.6 Å². The number of benzene rings is 3. The van der Waals surface area contributed by atoms with Crippen LogP contribution in [-0.2, 0) is 19.6 Å². The molecule has 0 saturated heterocycles. The van der Waals surface area contributed by atoms with Crippen molar-refractivity contribution in [3.05, 3.63) is 150 Å². The fourth-order valence-corrected chi connectivity index (χ4v) is 4.33. The molecule has 0 fully saturated rings. The van der Waals surface area contributed by atoms with Gasteiger partial charge in [0.25, 0.3) is 11.8 Å². The number of nitrogens with zero attached hydrogens (tertiary/aromatic N) is 2. The lowest BCUT2D eigenvalue weighted by Crippen LogP contribution is -2.13. The molecule has 48 heavy (non-hydrogen) atoms. The lowest BCUT2D eigenvalue weighted by molar-refractivity contribution is 0.0989. The Balaban J connectivity index is 0.000000224. The number of methoxy groups -OCH3 is 1. The first kappa shape index (κ1) is 34.8. The zero-order valence-corrected chi connectivity index (χ0v) is 26.6. The molecule has 0 spiro atoms. The first-order valence-corrected chi connectivity index (χ1v) is 15.0. The fourth-order valence-electron chi connectivity index (χ4n) is 4.33. The Labute approximate surface area is 279 Å². The van der Waals surface area contributed by atoms with Gasteiger partial charge in [-0.15, -0.1) is 6.58 Å². The van der Waals surface area contributed by atoms with E-state index in [2.05, 4.69) is 27.2 Å². The highest BCUT2D eigenvalue weighted by atomic mass is 16.5. The normalized spacial score (nSPS) is 10.3. The average Bonchev–Trinajstić information content (AvgIpc) is 3.11. The maximum atomic E-state index is 11.4. The molecule has 2 heterocycles. The van der Waals surface area contributed by atoms with Crippen molar-refractivity contribution < 1.29 is 23.8 Å². The van der Waals surface area contributed by atoms with Gasteiger partial charge in [0.05, 0.1) is 7.11 Å². The van der Waals surface area contributed by atoms with Crippen molar-refractivity contribution in [3.63, 3.8) is 0 Å². The summed E-state index contributed by atoms with van der Waals surface area (Å²) in [5, 5.41) is 6.61. The number of hydrogen-bond acceptors (Lipinski definition) is 9. The van der Waals surface area contributed by atoms with Gasteiger partial charge < -0.3 is 36.3 Å². The Bertz CT molecular complexity index is 1780. The third-order valence-corrected chi connectivity index (χ3v) is 6.83. The van der Waals surface area contributed by atoms with Crippen LogP contribution in [0.2, 0.25) is 0 Å². The summed E-state index contributed by atoms with van der Waals surface area (Å²) in [6.07, 6.45) is 7.71. The predicted octanol–water partition coefficient (Wildman–Crippen LogP) is 5.52. The topological polar surface area (TPSA) is 164 Å². The zero-order chi connectivity index (χ0) is 34.1. The van der Waals surface area contributed by atoms with Gasteiger partial charge in [-0.25, -0.2) is 0 Å². The second-order valence-electron chi connectivity index (χ2n) is 10.3. The van der Waals surface area contributed by atoms with Gasteiger partial charge >= 0.3 is 0 Å². The van der Waals surface area contributed by atoms with E-state index >= 15 is 0 Å². The standard InChI is InChI=1S/C21H21N3O3.C16H17N3O2/c1-26-17-6-2-15(3-7-17)12-24-13-16-4-8-18(9-5-16)27-20-10-11-23-14-19(20)21(22)25;1-2-8-18-10-12-3-5-13(6-4-12)21-15-7-9-19-11-14(15)16(17)20/h2-11,14,24H,12-13H2,1H3,(H2,22,25);2-7,9,11,18H,1,8,10H2,(H2,17,20). The molecule has 6 N–H and O–H groups in total. The minimum Gasteiger partial charge on any atom is -0.497 e. The van der Waals surface area contributed by atoms with E-state index in [1.54, 1.807) is 31.6 Å². The maximum Gasteiger partial charge on any atom is 0.254 e. The van der Waals surface area contributed by atoms with E-state index in [9.17, 15) is 9.59 Å². The number of carbonyl (C=O) groups excluding carboxylic acids is 2. The summed E-state index contributed by atoms with van der Waals surface area (Å²) in [5.74, 6) is 1.76. The number of amides is 2. The van der Waals surface area contributed by atoms with Crippen LogP contribution in [0.25, 0.3) is 0 Å². The molecule has 246 valence electrons. The van der Waals surface area contributed by atoms with Gasteiger partial charge in [0.1, 0.15) is 39.9 Å². The van der Waals surface area contributed by atoms with Crippen molar-refractivity contribution in [1.29, 1.82) is 0 Å². The summed E-state index contributed by atoms with van der Waals surface area (Å²) < 4.78 is 16.6. The summed E-state index contributed by atoms with van der Waals surface area (Å²) >= 11 is 0. The van der Waals surface area contributed by atoms with E-state index in [4.69, 9.17) is 25.7 Å². The molecule has 0 unspecified atom stereocenters. The van der Waals surface area contributed by atoms with E-state index in [-0.39, 0.29) is 11.1 Å². The second-order valence-corrected chi connectivity index (χ2v) is 10.3. The van der Waals surface area contributed by atoms with E-state index in [1.807, 2.05) is 78.9 Å². The molecule has 0 radical (unpaired) electrons. The number of ether oxygens (including phenoxy) is 3. The van der Waals surface area contributed by atoms with Crippen molar-refractivity contribution >= 4 is 11.8 Å². The summed E-state index contributed by atoms with van der Waals surface area (Å²) in [6.45, 7) is 6.66. The first-order valence-electron chi connectivity index (χ1n) is 15.0. The lowest BCUT2D eigenvalue weighted by atomic mass is 10.2. The molecule has 11 nitrogen and oxygen atoms in total. The van der Waals surface area contributed by atoms with Gasteiger partial charge in [0.15, 0.2) is 0 Å². The third-order valence-electron chi connectivity index (χ3n) is 6.83. The average molecular weight is 647 g/mol. The number of pyridine rings is 2. The molecule has 0 saturated carbocycles. The van der Waals surface area contributed by atoms with Crippen LogP contribution in [0.1, 0.15) is 37.4 Å². The maximum absolute atomic E-state index is 11.4. The highest BCUT2D eigenvalue weighted by molar-refractivity contribution is 5.95. The Morgan fingerprint density at radius 1 is 0.646 bits per heavy atom. The van der Waals surface area contributed by atoms with Gasteiger partial charge in [0.2, 0.25) is 0 Å². The Morgan fingerprint density at radius 3 is 1.42 bits per heavy atom. The number of hydrogen-bond donors (Lipinski definition) is 4. The highest BCUT2D eigenvalue weighted by Gasteiger charge is 2.11. The molecule has 0 atom stereocenters. The first-order chi connectivity index (χ1) is 23.4. The van der Waals surface area contributed by atoms with E-state index in [0.29, 0.717) is 23.0 Å². The number of primary amides is 2. The summed E-state index contributed by atoms with van der Waals surface area (Å²) in [6, 6.07) is 26.4. The van der Waals surface area contributed by atoms with Gasteiger partial charge in [-0.2, -0.15) is 0 Å². The van der Waals surface area contributed by atoms with Crippen LogP contribution in [0.15, 0.2) is 122 Å². The lowest BCUT2D eigenvalue weighted by Gasteiger charge is -2.10. The number of nitrogens with two attached hydrogens (primary N) is 2. The molecule has 0 aliphatic heterocycles. The second kappa shape index (κ2) is 18.2. The van der Waals surface area contributed by atoms with Crippen LogP contribution in [-0.4, -0.2) is 35.4 Å². The molecule has 0 aliphatic rings. The van der Waals surface area contributed by atoms with E-state index in [0.717, 1.165) is 43.1 Å². The van der Waals surface area contributed by atoms with Crippen LogP contribution in [0.5, 0.6) is 28.7 Å². The summed E-state index contributed by atoms with van der Waals surface area (Å²) in [7, 11) is 1.66. The number of rotatable bonds is 15. The highest BCUT2D eigenvalue weighted by Crippen LogP contribution is 2.26. The molecule has 2 aromatic heterocycles. The van der Waals surface area contributed by atoms with Crippen molar-refractivity contribution in [2.24, 2.45) is 11.5 Å². The van der Waals surface area contributed by atoms with E-state index < -0.39 is 11.8 Å². The van der Waals surface area contributed by atoms with Crippen molar-refractivity contribution in [2.75, 3.05) is 13.7 Å². The molecule has 2 amide bonds. The van der Waals surface area contributed by atoms with Crippen molar-refractivity contribution in [1.82, 2.24) is 20.6 Å². The van der Waals surface area contributed by atoms with E-state index in [1.165, 1.54) is 18.0 Å². The molecule has 11 heteroatoms. The molecule has 3 aromatic carbocycles. The molecule has 5 aromatic rings. The van der Waals surface area contributed by atoms with Crippen LogP contribution < -0.4 is 36.3 Å². The SMILES string of the molecule is C=CCNCc1ccc(Oc2ccncc2C(N)=O)cc1.COc1ccc(CNCc2ccc(Oc3ccncc3C(N)=O)cc2)cc1. The van der Waals surface area contributed by atoms with Gasteiger partial charge in [-0.1, -0.05) is 42.5 Å². The molecule has 0 aliphatic carbocycles. The van der Waals surface area contributed by atoms with Crippen LogP contribution in [0.3, 0.4) is 0 Å². The predicted molar refractivity (Wildman–Crippen MR) is 184 cm³/mol.